The summed E-state index contributed by atoms with van der Waals surface area (Å²) < 4.78 is 5.14. The molecular weight excluding hydrogens is 178 g/mol. The Kier molecular flexibility index (Phi) is 4.27. The van der Waals surface area contributed by atoms with E-state index in [2.05, 4.69) is 11.7 Å². The molecule has 0 radical (unpaired) electrons. The zero-order valence-electron chi connectivity index (χ0n) is 8.14. The second-order valence-electron chi connectivity index (χ2n) is 2.87. The van der Waals surface area contributed by atoms with Gasteiger partial charge in [0, 0.05) is 0 Å². The smallest absolute Gasteiger partial charge is 0.218 e. The van der Waals surface area contributed by atoms with E-state index in [1.54, 1.807) is 0 Å². The van der Waals surface area contributed by atoms with Gasteiger partial charge >= 0.3 is 0 Å². The fourth-order valence-corrected chi connectivity index (χ4v) is 0.759. The second kappa shape index (κ2) is 5.80. The van der Waals surface area contributed by atoms with Crippen molar-refractivity contribution in [3.63, 3.8) is 0 Å². The summed E-state index contributed by atoms with van der Waals surface area (Å²) in [7, 11) is 0. The maximum atomic E-state index is 5.14. The summed E-state index contributed by atoms with van der Waals surface area (Å²) in [5, 5.41) is 3.60. The van der Waals surface area contributed by atoms with Crippen molar-refractivity contribution < 1.29 is 9.57 Å². The average molecular weight is 191 g/mol. The third kappa shape index (κ3) is 4.30. The minimum absolute atomic E-state index is 0.411. The van der Waals surface area contributed by atoms with Crippen molar-refractivity contribution >= 4 is 6.40 Å². The summed E-state index contributed by atoms with van der Waals surface area (Å²) in [6.45, 7) is 5.95. The molecule has 3 nitrogen and oxygen atoms in total. The molecule has 0 aliphatic carbocycles. The fraction of sp³-hybridized carbons (Fsp3) is 0.182. The van der Waals surface area contributed by atoms with Crippen molar-refractivity contribution in [2.75, 3.05) is 6.61 Å². The van der Waals surface area contributed by atoms with Crippen LogP contribution in [-0.4, -0.2) is 13.0 Å². The van der Waals surface area contributed by atoms with Gasteiger partial charge in [0.2, 0.25) is 6.40 Å². The van der Waals surface area contributed by atoms with Crippen LogP contribution in [0.2, 0.25) is 0 Å². The first-order chi connectivity index (χ1) is 6.79. The molecule has 3 heteroatoms. The van der Waals surface area contributed by atoms with E-state index < -0.39 is 0 Å². The Bertz CT molecular complexity index is 306. The lowest BCUT2D eigenvalue weighted by molar-refractivity contribution is 0.165. The van der Waals surface area contributed by atoms with Crippen LogP contribution in [0, 0.1) is 0 Å². The Morgan fingerprint density at radius 1 is 1.43 bits per heavy atom. The van der Waals surface area contributed by atoms with E-state index in [1.165, 1.54) is 6.40 Å². The highest BCUT2D eigenvalue weighted by atomic mass is 16.6. The molecule has 0 saturated heterocycles. The number of rotatable bonds is 5. The largest absolute Gasteiger partial charge is 0.442 e. The Morgan fingerprint density at radius 2 is 2.14 bits per heavy atom. The van der Waals surface area contributed by atoms with E-state index in [0.29, 0.717) is 6.61 Å². The van der Waals surface area contributed by atoms with Gasteiger partial charge in [-0.2, -0.15) is 0 Å². The highest BCUT2D eigenvalue weighted by Gasteiger charge is 1.86. The normalized spacial score (nSPS) is 10.1. The lowest BCUT2D eigenvalue weighted by Gasteiger charge is -1.98. The number of hydrogen-bond donors (Lipinski definition) is 0. The molecule has 0 bridgehead atoms. The molecule has 1 aromatic carbocycles. The molecule has 0 spiro atoms. The standard InChI is InChI=1S/C11H13NO2/c1-10(2)8-14-12-9-13-11-6-4-3-5-7-11/h3-7,9H,1,8H2,2H3. The van der Waals surface area contributed by atoms with Crippen molar-refractivity contribution in [3.8, 4) is 5.75 Å². The average Bonchev–Trinajstić information content (AvgIpc) is 2.18. The molecule has 14 heavy (non-hydrogen) atoms. The number of para-hydroxylation sites is 1. The summed E-state index contributed by atoms with van der Waals surface area (Å²) in [5.74, 6) is 0.732. The summed E-state index contributed by atoms with van der Waals surface area (Å²) in [6.07, 6.45) is 1.26. The van der Waals surface area contributed by atoms with E-state index >= 15 is 0 Å². The molecule has 0 unspecified atom stereocenters. The Hall–Kier alpha value is -1.77. The number of oxime groups is 1. The fourth-order valence-electron chi connectivity index (χ4n) is 0.759. The lowest BCUT2D eigenvalue weighted by atomic mass is 10.3. The molecule has 0 N–H and O–H groups in total. The van der Waals surface area contributed by atoms with Crippen LogP contribution >= 0.6 is 0 Å². The van der Waals surface area contributed by atoms with Crippen molar-refractivity contribution in [1.29, 1.82) is 0 Å². The van der Waals surface area contributed by atoms with E-state index in [9.17, 15) is 0 Å². The van der Waals surface area contributed by atoms with Gasteiger partial charge in [0.1, 0.15) is 12.4 Å². The van der Waals surface area contributed by atoms with Gasteiger partial charge < -0.3 is 9.57 Å². The zero-order chi connectivity index (χ0) is 10.2. The molecule has 0 aromatic heterocycles. The minimum atomic E-state index is 0.411. The predicted octanol–water partition coefficient (Wildman–Crippen LogP) is 2.60. The van der Waals surface area contributed by atoms with Crippen molar-refractivity contribution in [2.24, 2.45) is 5.16 Å². The van der Waals surface area contributed by atoms with E-state index in [0.717, 1.165) is 11.3 Å². The monoisotopic (exact) mass is 191 g/mol. The first kappa shape index (κ1) is 10.3. The first-order valence-electron chi connectivity index (χ1n) is 4.29. The summed E-state index contributed by atoms with van der Waals surface area (Å²) in [4.78, 5) is 4.86. The Labute approximate surface area is 83.6 Å². The third-order valence-corrected chi connectivity index (χ3v) is 1.36. The maximum absolute atomic E-state index is 5.14. The number of benzene rings is 1. The van der Waals surface area contributed by atoms with E-state index in [-0.39, 0.29) is 0 Å². The van der Waals surface area contributed by atoms with E-state index in [4.69, 9.17) is 9.57 Å². The van der Waals surface area contributed by atoms with Gasteiger partial charge in [0.15, 0.2) is 0 Å². The molecule has 1 aromatic rings. The van der Waals surface area contributed by atoms with Crippen LogP contribution in [0.5, 0.6) is 5.75 Å². The third-order valence-electron chi connectivity index (χ3n) is 1.36. The SMILES string of the molecule is C=C(C)CON=COc1ccccc1. The first-order valence-corrected chi connectivity index (χ1v) is 4.29. The van der Waals surface area contributed by atoms with Crippen LogP contribution in [0.4, 0.5) is 0 Å². The molecule has 1 rings (SSSR count). The van der Waals surface area contributed by atoms with Crippen LogP contribution in [-0.2, 0) is 4.84 Å². The maximum Gasteiger partial charge on any atom is 0.218 e. The molecule has 0 heterocycles. The van der Waals surface area contributed by atoms with Crippen molar-refractivity contribution in [3.05, 3.63) is 42.5 Å². The topological polar surface area (TPSA) is 30.8 Å². The van der Waals surface area contributed by atoms with Gasteiger partial charge in [-0.05, 0) is 24.6 Å². The molecule has 74 valence electrons. The van der Waals surface area contributed by atoms with Crippen LogP contribution in [0.1, 0.15) is 6.92 Å². The van der Waals surface area contributed by atoms with Crippen molar-refractivity contribution in [1.82, 2.24) is 0 Å². The second-order valence-corrected chi connectivity index (χ2v) is 2.87. The molecule has 0 fully saturated rings. The molecule has 0 aliphatic heterocycles. The van der Waals surface area contributed by atoms with Gasteiger partial charge in [-0.3, -0.25) is 0 Å². The van der Waals surface area contributed by atoms with Crippen LogP contribution in [0.25, 0.3) is 0 Å². The summed E-state index contributed by atoms with van der Waals surface area (Å²) >= 11 is 0. The number of hydrogen-bond acceptors (Lipinski definition) is 3. The molecule has 0 atom stereocenters. The molecule has 0 saturated carbocycles. The quantitative estimate of drug-likeness (QED) is 0.310. The highest BCUT2D eigenvalue weighted by Crippen LogP contribution is 2.06. The van der Waals surface area contributed by atoms with Crippen LogP contribution in [0.15, 0.2) is 47.6 Å². The highest BCUT2D eigenvalue weighted by molar-refractivity contribution is 5.50. The lowest BCUT2D eigenvalue weighted by Crippen LogP contribution is -1.93. The molecule has 0 aliphatic rings. The zero-order valence-corrected chi connectivity index (χ0v) is 8.14. The summed E-state index contributed by atoms with van der Waals surface area (Å²) in [5.41, 5.74) is 0.918. The molecular formula is C11H13NO2. The number of nitrogens with zero attached hydrogens (tertiary/aromatic N) is 1. The van der Waals surface area contributed by atoms with Gasteiger partial charge in [-0.25, -0.2) is 0 Å². The summed E-state index contributed by atoms with van der Waals surface area (Å²) in [6, 6.07) is 9.37. The Morgan fingerprint density at radius 3 is 2.79 bits per heavy atom. The van der Waals surface area contributed by atoms with E-state index in [1.807, 2.05) is 37.3 Å². The van der Waals surface area contributed by atoms with Gasteiger partial charge in [0.05, 0.1) is 0 Å². The van der Waals surface area contributed by atoms with Crippen LogP contribution in [0.3, 0.4) is 0 Å². The number of ether oxygens (including phenoxy) is 1. The van der Waals surface area contributed by atoms with Gasteiger partial charge in [-0.15, -0.1) is 0 Å². The predicted molar refractivity (Wildman–Crippen MR) is 56.3 cm³/mol. The van der Waals surface area contributed by atoms with Gasteiger partial charge in [-0.1, -0.05) is 29.9 Å². The minimum Gasteiger partial charge on any atom is -0.442 e. The van der Waals surface area contributed by atoms with Crippen LogP contribution < -0.4 is 4.74 Å². The molecule has 0 amide bonds. The van der Waals surface area contributed by atoms with Gasteiger partial charge in [0.25, 0.3) is 0 Å². The Balaban J connectivity index is 2.24. The van der Waals surface area contributed by atoms with Crippen molar-refractivity contribution in [2.45, 2.75) is 6.92 Å².